The summed E-state index contributed by atoms with van der Waals surface area (Å²) in [4.78, 5) is 15.3. The number of pyridine rings is 1. The van der Waals surface area contributed by atoms with Gasteiger partial charge in [-0.2, -0.15) is 0 Å². The Morgan fingerprint density at radius 1 is 1.59 bits per heavy atom. The molecule has 0 fully saturated rings. The molecule has 1 aromatic rings. The highest BCUT2D eigenvalue weighted by molar-refractivity contribution is 9.10. The second-order valence-corrected chi connectivity index (χ2v) is 4.34. The Bertz CT molecular complexity index is 427. The van der Waals surface area contributed by atoms with Gasteiger partial charge in [-0.05, 0) is 34.5 Å². The van der Waals surface area contributed by atoms with E-state index in [9.17, 15) is 13.6 Å². The summed E-state index contributed by atoms with van der Waals surface area (Å²) in [5, 5.41) is 0.364. The van der Waals surface area contributed by atoms with E-state index in [1.54, 1.807) is 6.92 Å². The zero-order valence-corrected chi connectivity index (χ0v) is 12.0. The molecule has 0 saturated heterocycles. The molecule has 0 aliphatic heterocycles. The quantitative estimate of drug-likeness (QED) is 0.457. The van der Waals surface area contributed by atoms with Crippen molar-refractivity contribution in [2.75, 3.05) is 6.61 Å². The summed E-state index contributed by atoms with van der Waals surface area (Å²) in [5.74, 6) is -0.843. The summed E-state index contributed by atoms with van der Waals surface area (Å²) in [6.07, 6.45) is -2.77. The van der Waals surface area contributed by atoms with Crippen molar-refractivity contribution in [3.8, 4) is 0 Å². The predicted molar refractivity (Wildman–Crippen MR) is 65.5 cm³/mol. The van der Waals surface area contributed by atoms with Crippen molar-refractivity contribution < 1.29 is 18.3 Å². The zero-order chi connectivity index (χ0) is 13.0. The predicted octanol–water partition coefficient (Wildman–Crippen LogP) is 3.85. The van der Waals surface area contributed by atoms with E-state index in [4.69, 9.17) is 0 Å². The van der Waals surface area contributed by atoms with Crippen LogP contribution >= 0.6 is 31.9 Å². The van der Waals surface area contributed by atoms with Crippen LogP contribution in [0.25, 0.3) is 0 Å². The van der Waals surface area contributed by atoms with Gasteiger partial charge in [-0.15, -0.1) is 0 Å². The average Bonchev–Trinajstić information content (AvgIpc) is 2.28. The minimum Gasteiger partial charge on any atom is -0.461 e. The monoisotopic (exact) mass is 371 g/mol. The second kappa shape index (κ2) is 6.39. The van der Waals surface area contributed by atoms with Crippen LogP contribution in [0.5, 0.6) is 0 Å². The molecule has 17 heavy (non-hydrogen) atoms. The summed E-state index contributed by atoms with van der Waals surface area (Å²) in [5.41, 5.74) is -0.215. The Labute approximate surface area is 114 Å². The molecule has 3 nitrogen and oxygen atoms in total. The maximum atomic E-state index is 12.8. The molecule has 0 bridgehead atoms. The van der Waals surface area contributed by atoms with E-state index in [1.807, 2.05) is 0 Å². The fourth-order valence-corrected chi connectivity index (χ4v) is 2.41. The molecule has 1 aromatic heterocycles. The number of carbonyl (C=O) groups excluding carboxylic acids is 1. The lowest BCUT2D eigenvalue weighted by atomic mass is 10.1. The fourth-order valence-electron chi connectivity index (χ4n) is 1.17. The molecule has 0 aliphatic rings. The molecule has 0 spiro atoms. The first-order valence-electron chi connectivity index (χ1n) is 4.71. The SMILES string of the molecule is CCOC(=O)c1nc(Br)c(CBr)cc1C(F)F. The van der Waals surface area contributed by atoms with Crippen LogP contribution in [0.2, 0.25) is 0 Å². The van der Waals surface area contributed by atoms with Crippen molar-refractivity contribution in [3.05, 3.63) is 27.5 Å². The Morgan fingerprint density at radius 2 is 2.24 bits per heavy atom. The first-order chi connectivity index (χ1) is 8.01. The molecular weight excluding hydrogens is 364 g/mol. The van der Waals surface area contributed by atoms with Gasteiger partial charge in [0.25, 0.3) is 6.43 Å². The standard InChI is InChI=1S/C10H9Br2F2NO2/c1-2-17-10(16)7-6(9(13)14)3-5(4-11)8(12)15-7/h3,9H,2,4H2,1H3. The van der Waals surface area contributed by atoms with Crippen molar-refractivity contribution in [1.82, 2.24) is 4.98 Å². The molecule has 0 N–H and O–H groups in total. The molecule has 1 rings (SSSR count). The Morgan fingerprint density at radius 3 is 2.71 bits per heavy atom. The van der Waals surface area contributed by atoms with Gasteiger partial charge < -0.3 is 4.74 Å². The lowest BCUT2D eigenvalue weighted by Crippen LogP contribution is -2.12. The lowest BCUT2D eigenvalue weighted by molar-refractivity contribution is 0.0507. The van der Waals surface area contributed by atoms with Gasteiger partial charge in [-0.25, -0.2) is 18.6 Å². The minimum atomic E-state index is -2.77. The van der Waals surface area contributed by atoms with Crippen LogP contribution in [0.4, 0.5) is 8.78 Å². The van der Waals surface area contributed by atoms with Crippen LogP contribution in [0.3, 0.4) is 0 Å². The van der Waals surface area contributed by atoms with Crippen LogP contribution in [-0.2, 0) is 10.1 Å². The van der Waals surface area contributed by atoms with E-state index < -0.39 is 18.0 Å². The molecule has 1 heterocycles. The maximum Gasteiger partial charge on any atom is 0.357 e. The van der Waals surface area contributed by atoms with E-state index >= 15 is 0 Å². The van der Waals surface area contributed by atoms with Crippen molar-refractivity contribution in [2.24, 2.45) is 0 Å². The molecule has 0 aliphatic carbocycles. The first kappa shape index (κ1) is 14.5. The lowest BCUT2D eigenvalue weighted by Gasteiger charge is -2.10. The number of ether oxygens (including phenoxy) is 1. The summed E-state index contributed by atoms with van der Waals surface area (Å²) >= 11 is 6.27. The Balaban J connectivity index is 3.27. The second-order valence-electron chi connectivity index (χ2n) is 3.03. The number of halogens is 4. The van der Waals surface area contributed by atoms with Gasteiger partial charge in [-0.1, -0.05) is 15.9 Å². The van der Waals surface area contributed by atoms with Crippen molar-refractivity contribution in [2.45, 2.75) is 18.7 Å². The van der Waals surface area contributed by atoms with E-state index in [1.165, 1.54) is 6.07 Å². The molecule has 0 aromatic carbocycles. The Kier molecular flexibility index (Phi) is 5.45. The molecule has 7 heteroatoms. The van der Waals surface area contributed by atoms with E-state index in [2.05, 4.69) is 41.6 Å². The number of aromatic nitrogens is 1. The molecule has 0 amide bonds. The number of hydrogen-bond donors (Lipinski definition) is 0. The molecule has 0 saturated carbocycles. The number of alkyl halides is 3. The summed E-state index contributed by atoms with van der Waals surface area (Å²) < 4.78 is 30.6. The van der Waals surface area contributed by atoms with E-state index in [-0.39, 0.29) is 12.3 Å². The molecular formula is C10H9Br2F2NO2. The first-order valence-corrected chi connectivity index (χ1v) is 6.63. The minimum absolute atomic E-state index is 0.112. The van der Waals surface area contributed by atoms with Gasteiger partial charge in [0.05, 0.1) is 12.2 Å². The number of esters is 1. The summed E-state index contributed by atoms with van der Waals surface area (Å²) in [6, 6.07) is 1.24. The van der Waals surface area contributed by atoms with Crippen molar-refractivity contribution in [3.63, 3.8) is 0 Å². The van der Waals surface area contributed by atoms with Gasteiger partial charge in [0, 0.05) is 5.33 Å². The van der Waals surface area contributed by atoms with Crippen LogP contribution in [0.15, 0.2) is 10.7 Å². The molecule has 0 radical (unpaired) electrons. The highest BCUT2D eigenvalue weighted by Crippen LogP contribution is 2.28. The van der Waals surface area contributed by atoms with Crippen LogP contribution in [0.1, 0.15) is 35.0 Å². The van der Waals surface area contributed by atoms with Gasteiger partial charge >= 0.3 is 5.97 Å². The van der Waals surface area contributed by atoms with E-state index in [0.717, 1.165) is 0 Å². The van der Waals surface area contributed by atoms with Crippen molar-refractivity contribution in [1.29, 1.82) is 0 Å². The third kappa shape index (κ3) is 3.45. The van der Waals surface area contributed by atoms with Gasteiger partial charge in [0.15, 0.2) is 5.69 Å². The summed E-state index contributed by atoms with van der Waals surface area (Å²) in [7, 11) is 0. The number of nitrogens with zero attached hydrogens (tertiary/aromatic N) is 1. The highest BCUT2D eigenvalue weighted by Gasteiger charge is 2.23. The van der Waals surface area contributed by atoms with Gasteiger partial charge in [-0.3, -0.25) is 0 Å². The third-order valence-corrected chi connectivity index (χ3v) is 3.22. The van der Waals surface area contributed by atoms with Crippen molar-refractivity contribution >= 4 is 37.8 Å². The molecule has 94 valence electrons. The topological polar surface area (TPSA) is 39.2 Å². The number of carbonyl (C=O) groups is 1. The number of hydrogen-bond acceptors (Lipinski definition) is 3. The van der Waals surface area contributed by atoms with Crippen LogP contribution in [0, 0.1) is 0 Å². The fraction of sp³-hybridized carbons (Fsp3) is 0.400. The highest BCUT2D eigenvalue weighted by atomic mass is 79.9. The third-order valence-electron chi connectivity index (χ3n) is 1.93. The van der Waals surface area contributed by atoms with E-state index in [0.29, 0.717) is 15.5 Å². The maximum absolute atomic E-state index is 12.8. The zero-order valence-electron chi connectivity index (χ0n) is 8.84. The van der Waals surface area contributed by atoms with Gasteiger partial charge in [0.1, 0.15) is 4.60 Å². The largest absolute Gasteiger partial charge is 0.461 e. The average molecular weight is 373 g/mol. The van der Waals surface area contributed by atoms with Crippen LogP contribution < -0.4 is 0 Å². The Hall–Kier alpha value is -0.560. The van der Waals surface area contributed by atoms with Crippen LogP contribution in [-0.4, -0.2) is 17.6 Å². The normalized spacial score (nSPS) is 10.7. The smallest absolute Gasteiger partial charge is 0.357 e. The van der Waals surface area contributed by atoms with Gasteiger partial charge in [0.2, 0.25) is 0 Å². The molecule has 0 atom stereocenters. The number of rotatable bonds is 4. The molecule has 0 unspecified atom stereocenters. The summed E-state index contributed by atoms with van der Waals surface area (Å²) in [6.45, 7) is 1.71.